The van der Waals surface area contributed by atoms with Gasteiger partial charge in [-0.3, -0.25) is 39.4 Å². The van der Waals surface area contributed by atoms with E-state index < -0.39 is 110 Å². The van der Waals surface area contributed by atoms with Gasteiger partial charge in [0.2, 0.25) is 10.0 Å². The van der Waals surface area contributed by atoms with Gasteiger partial charge in [-0.15, -0.1) is 0 Å². The number of ether oxygens (including phenoxy) is 6. The molecule has 2 unspecified atom stereocenters. The quantitative estimate of drug-likeness (QED) is 0.0989. The second-order valence-electron chi connectivity index (χ2n) is 8.50. The van der Waals surface area contributed by atoms with Gasteiger partial charge >= 0.3 is 23.9 Å². The van der Waals surface area contributed by atoms with Crippen LogP contribution in [0.2, 0.25) is 0 Å². The van der Waals surface area contributed by atoms with Crippen LogP contribution >= 0.6 is 0 Å². The first-order valence-electron chi connectivity index (χ1n) is 11.9. The van der Waals surface area contributed by atoms with E-state index in [-0.39, 0.29) is 0 Å². The molecule has 0 amide bonds. The second kappa shape index (κ2) is 14.6. The number of hydrogen-bond donors (Lipinski definition) is 1. The molecule has 42 heavy (non-hydrogen) atoms. The van der Waals surface area contributed by atoms with Gasteiger partial charge in [-0.05, 0) is 6.07 Å². The molecule has 0 bridgehead atoms. The molecule has 0 aliphatic carbocycles. The van der Waals surface area contributed by atoms with E-state index in [1.807, 2.05) is 4.72 Å². The third-order valence-electron chi connectivity index (χ3n) is 5.26. The molecular formula is C22H27N3O16S. The van der Waals surface area contributed by atoms with Crippen LogP contribution in [0.1, 0.15) is 27.7 Å². The van der Waals surface area contributed by atoms with Crippen molar-refractivity contribution in [2.45, 2.75) is 63.3 Å². The molecule has 0 radical (unpaired) electrons. The van der Waals surface area contributed by atoms with Crippen molar-refractivity contribution < 1.29 is 65.9 Å². The summed E-state index contributed by atoms with van der Waals surface area (Å²) in [5, 5.41) is 22.3. The van der Waals surface area contributed by atoms with Gasteiger partial charge in [-0.25, -0.2) is 13.1 Å². The van der Waals surface area contributed by atoms with E-state index in [1.54, 1.807) is 0 Å². The number of carbonyl (C=O) groups is 4. The first kappa shape index (κ1) is 33.9. The molecule has 2 rings (SSSR count). The van der Waals surface area contributed by atoms with Crippen LogP contribution in [-0.4, -0.2) is 92.6 Å². The fourth-order valence-corrected chi connectivity index (χ4v) is 4.90. The predicted molar refractivity (Wildman–Crippen MR) is 133 cm³/mol. The third-order valence-corrected chi connectivity index (χ3v) is 6.77. The largest absolute Gasteiger partial charge is 0.463 e. The summed E-state index contributed by atoms with van der Waals surface area (Å²) in [6.07, 6.45) is -7.41. The summed E-state index contributed by atoms with van der Waals surface area (Å²) in [6, 6.07) is 1.96. The van der Waals surface area contributed by atoms with Crippen LogP contribution in [0.5, 0.6) is 0 Å². The molecule has 0 saturated carbocycles. The highest BCUT2D eigenvalue weighted by Gasteiger charge is 2.52. The van der Waals surface area contributed by atoms with E-state index in [2.05, 4.69) is 0 Å². The Labute approximate surface area is 237 Å². The maximum atomic E-state index is 12.7. The number of nitrogens with one attached hydrogen (secondary N) is 1. The van der Waals surface area contributed by atoms with Gasteiger partial charge < -0.3 is 28.4 Å². The van der Waals surface area contributed by atoms with E-state index in [1.165, 1.54) is 0 Å². The molecule has 1 aromatic rings. The van der Waals surface area contributed by atoms with Crippen molar-refractivity contribution in [3.8, 4) is 0 Å². The minimum atomic E-state index is -4.60. The Bertz CT molecular complexity index is 1330. The van der Waals surface area contributed by atoms with Gasteiger partial charge in [0.1, 0.15) is 12.7 Å². The maximum Gasteiger partial charge on any atom is 0.303 e. The van der Waals surface area contributed by atoms with Crippen LogP contribution in [0.4, 0.5) is 11.4 Å². The lowest BCUT2D eigenvalue weighted by atomic mass is 9.98. The highest BCUT2D eigenvalue weighted by Crippen LogP contribution is 2.30. The number of rotatable bonds is 13. The van der Waals surface area contributed by atoms with Crippen LogP contribution in [0.3, 0.4) is 0 Å². The van der Waals surface area contributed by atoms with Crippen molar-refractivity contribution in [3.63, 3.8) is 0 Å². The normalized spacial score (nSPS) is 22.0. The Morgan fingerprint density at radius 3 is 1.98 bits per heavy atom. The minimum absolute atomic E-state index is 0.489. The lowest BCUT2D eigenvalue weighted by Gasteiger charge is -2.44. The van der Waals surface area contributed by atoms with Crippen molar-refractivity contribution >= 4 is 45.3 Å². The zero-order chi connectivity index (χ0) is 31.8. The molecule has 0 aromatic heterocycles. The molecule has 5 atom stereocenters. The Morgan fingerprint density at radius 1 is 0.881 bits per heavy atom. The Morgan fingerprint density at radius 2 is 1.45 bits per heavy atom. The first-order valence-corrected chi connectivity index (χ1v) is 13.4. The average molecular weight is 622 g/mol. The molecule has 1 aromatic carbocycles. The monoisotopic (exact) mass is 621 g/mol. The van der Waals surface area contributed by atoms with Gasteiger partial charge in [0.25, 0.3) is 11.4 Å². The smallest absolute Gasteiger partial charge is 0.303 e. The number of benzene rings is 1. The van der Waals surface area contributed by atoms with E-state index in [0.717, 1.165) is 33.8 Å². The first-order chi connectivity index (χ1) is 19.5. The van der Waals surface area contributed by atoms with Gasteiger partial charge in [0.15, 0.2) is 29.5 Å². The van der Waals surface area contributed by atoms with Crippen molar-refractivity contribution in [2.24, 2.45) is 0 Å². The van der Waals surface area contributed by atoms with Crippen LogP contribution in [-0.2, 0) is 57.6 Å². The second-order valence-corrected chi connectivity index (χ2v) is 10.2. The van der Waals surface area contributed by atoms with Gasteiger partial charge in [0.05, 0.1) is 22.5 Å². The summed E-state index contributed by atoms with van der Waals surface area (Å²) < 4.78 is 59.3. The van der Waals surface area contributed by atoms with Crippen LogP contribution in [0.25, 0.3) is 0 Å². The Hall–Kier alpha value is -4.27. The van der Waals surface area contributed by atoms with E-state index >= 15 is 0 Å². The molecule has 0 spiro atoms. The van der Waals surface area contributed by atoms with Crippen molar-refractivity contribution in [2.75, 3.05) is 19.8 Å². The van der Waals surface area contributed by atoms with Crippen LogP contribution in [0.15, 0.2) is 23.1 Å². The third kappa shape index (κ3) is 9.39. The Balaban J connectivity index is 2.29. The average Bonchev–Trinajstić information content (AvgIpc) is 2.87. The number of hydrogen-bond acceptors (Lipinski definition) is 16. The fraction of sp³-hybridized carbons (Fsp3) is 0.545. The predicted octanol–water partition coefficient (Wildman–Crippen LogP) is -0.119. The van der Waals surface area contributed by atoms with Gasteiger partial charge in [0, 0.05) is 40.3 Å². The number of esters is 4. The summed E-state index contributed by atoms with van der Waals surface area (Å²) >= 11 is 0. The summed E-state index contributed by atoms with van der Waals surface area (Å²) in [6.45, 7) is 2.56. The number of nitro groups is 2. The number of non-ortho nitro benzene ring substituents is 1. The molecule has 20 heteroatoms. The minimum Gasteiger partial charge on any atom is -0.463 e. The van der Waals surface area contributed by atoms with Crippen LogP contribution in [0, 0.1) is 20.2 Å². The number of carbonyl (C=O) groups excluding carboxylic acids is 4. The van der Waals surface area contributed by atoms with Gasteiger partial charge in [-0.2, -0.15) is 0 Å². The van der Waals surface area contributed by atoms with Crippen molar-refractivity contribution in [1.82, 2.24) is 4.72 Å². The maximum absolute atomic E-state index is 12.7. The lowest BCUT2D eigenvalue weighted by Crippen LogP contribution is -2.63. The lowest BCUT2D eigenvalue weighted by molar-refractivity contribution is -0.396. The van der Waals surface area contributed by atoms with Crippen molar-refractivity contribution in [3.05, 3.63) is 38.4 Å². The van der Waals surface area contributed by atoms with E-state index in [9.17, 15) is 47.8 Å². The molecule has 1 saturated heterocycles. The highest BCUT2D eigenvalue weighted by atomic mass is 32.2. The van der Waals surface area contributed by atoms with E-state index in [4.69, 9.17) is 28.4 Å². The molecule has 1 fully saturated rings. The molecule has 1 heterocycles. The Kier molecular flexibility index (Phi) is 11.8. The zero-order valence-electron chi connectivity index (χ0n) is 22.6. The molecule has 232 valence electrons. The molecule has 1 aliphatic rings. The number of nitrogens with zero attached hydrogens (tertiary/aromatic N) is 2. The molecular weight excluding hydrogens is 594 g/mol. The topological polar surface area (TPSA) is 256 Å². The summed E-state index contributed by atoms with van der Waals surface area (Å²) in [4.78, 5) is 66.2. The SMILES string of the molecule is CC(=O)OCC1O[C@@H](OCCNS(=O)(=O)c2ccc([N+](=O)[O-])cc2[N+](=O)[O-])C(OC(C)=O)[C@@H](OC(C)=O)[C@H]1OC(C)=O. The number of sulfonamides is 1. The zero-order valence-corrected chi connectivity index (χ0v) is 23.4. The summed E-state index contributed by atoms with van der Waals surface area (Å²) in [5.74, 6) is -3.35. The molecule has 1 N–H and O–H groups in total. The van der Waals surface area contributed by atoms with Crippen LogP contribution < -0.4 is 4.72 Å². The molecule has 19 nitrogen and oxygen atoms in total. The molecule has 1 aliphatic heterocycles. The summed E-state index contributed by atoms with van der Waals surface area (Å²) in [7, 11) is -4.60. The standard InChI is InChI=1S/C22H27N3O16S/c1-11(26)37-10-17-19(38-12(2)27)20(39-13(3)28)21(40-14(4)29)22(41-17)36-8-7-23-42(34,35)18-6-5-15(24(30)31)9-16(18)25(32)33/h5-6,9,17,19-23H,7-8,10H2,1-4H3/t17?,19-,20-,21?,22+/m0/s1. The summed E-state index contributed by atoms with van der Waals surface area (Å²) in [5.41, 5.74) is -1.75. The highest BCUT2D eigenvalue weighted by molar-refractivity contribution is 7.89. The van der Waals surface area contributed by atoms with Gasteiger partial charge in [-0.1, -0.05) is 0 Å². The van der Waals surface area contributed by atoms with E-state index in [0.29, 0.717) is 12.1 Å². The van der Waals surface area contributed by atoms with Crippen molar-refractivity contribution in [1.29, 1.82) is 0 Å². The fourth-order valence-electron chi connectivity index (χ4n) is 3.74. The number of nitro benzene ring substituents is 2.